The summed E-state index contributed by atoms with van der Waals surface area (Å²) in [4.78, 5) is 4.56. The summed E-state index contributed by atoms with van der Waals surface area (Å²) < 4.78 is 1.30. The van der Waals surface area contributed by atoms with E-state index in [4.69, 9.17) is 0 Å². The summed E-state index contributed by atoms with van der Waals surface area (Å²) in [5.74, 6) is 0.884. The van der Waals surface area contributed by atoms with Crippen LogP contribution in [0.2, 0.25) is 0 Å². The molecule has 0 radical (unpaired) electrons. The van der Waals surface area contributed by atoms with E-state index in [0.717, 1.165) is 16.4 Å². The number of aromatic nitrogens is 1. The SMILES string of the molecule is Cc1nc2ccc(NC3C4(C)CCC(C4)C3(C)C)cc2s1. The lowest BCUT2D eigenvalue weighted by atomic mass is 9.68. The maximum atomic E-state index is 4.56. The van der Waals surface area contributed by atoms with Crippen LogP contribution in [0.3, 0.4) is 0 Å². The number of benzene rings is 1. The molecule has 2 aliphatic carbocycles. The topological polar surface area (TPSA) is 24.9 Å². The Morgan fingerprint density at radius 1 is 1.29 bits per heavy atom. The molecule has 2 saturated carbocycles. The molecule has 0 amide bonds. The minimum atomic E-state index is 0.394. The van der Waals surface area contributed by atoms with E-state index in [0.29, 0.717) is 16.9 Å². The first-order chi connectivity index (χ1) is 9.88. The predicted molar refractivity (Wildman–Crippen MR) is 91.0 cm³/mol. The van der Waals surface area contributed by atoms with Crippen molar-refractivity contribution in [3.8, 4) is 0 Å². The first kappa shape index (κ1) is 13.6. The molecule has 2 fully saturated rings. The van der Waals surface area contributed by atoms with Crippen LogP contribution in [0, 0.1) is 23.7 Å². The first-order valence-corrected chi connectivity index (χ1v) is 8.84. The number of hydrogen-bond acceptors (Lipinski definition) is 3. The van der Waals surface area contributed by atoms with Crippen molar-refractivity contribution >= 4 is 27.2 Å². The highest BCUT2D eigenvalue weighted by atomic mass is 32.1. The van der Waals surface area contributed by atoms with Crippen molar-refractivity contribution in [1.29, 1.82) is 0 Å². The van der Waals surface area contributed by atoms with Crippen molar-refractivity contribution in [2.75, 3.05) is 5.32 Å². The molecule has 2 aliphatic rings. The normalized spacial score (nSPS) is 33.7. The van der Waals surface area contributed by atoms with Gasteiger partial charge < -0.3 is 5.32 Å². The third-order valence-corrected chi connectivity index (χ3v) is 7.01. The van der Waals surface area contributed by atoms with Crippen LogP contribution in [0.15, 0.2) is 18.2 Å². The van der Waals surface area contributed by atoms with Crippen LogP contribution in [0.25, 0.3) is 10.2 Å². The van der Waals surface area contributed by atoms with Gasteiger partial charge in [-0.2, -0.15) is 0 Å². The van der Waals surface area contributed by atoms with Crippen molar-refractivity contribution < 1.29 is 0 Å². The van der Waals surface area contributed by atoms with Gasteiger partial charge in [-0.25, -0.2) is 4.98 Å². The number of nitrogens with one attached hydrogen (secondary N) is 1. The monoisotopic (exact) mass is 300 g/mol. The lowest BCUT2D eigenvalue weighted by Gasteiger charge is -2.43. The highest BCUT2D eigenvalue weighted by Crippen LogP contribution is 2.63. The Kier molecular flexibility index (Phi) is 2.73. The Morgan fingerprint density at radius 2 is 2.10 bits per heavy atom. The standard InChI is InChI=1S/C18H24N2S/c1-11-19-14-6-5-13(9-15(14)21-11)20-16-17(2,3)12-7-8-18(16,4)10-12/h5-6,9,12,16,20H,7-8,10H2,1-4H3. The summed E-state index contributed by atoms with van der Waals surface area (Å²) in [6.07, 6.45) is 4.18. The molecule has 2 aromatic rings. The lowest BCUT2D eigenvalue weighted by Crippen LogP contribution is -2.45. The van der Waals surface area contributed by atoms with E-state index < -0.39 is 0 Å². The summed E-state index contributed by atoms with van der Waals surface area (Å²) in [6.45, 7) is 9.47. The molecular weight excluding hydrogens is 276 g/mol. The number of hydrogen-bond donors (Lipinski definition) is 1. The minimum Gasteiger partial charge on any atom is -0.381 e. The van der Waals surface area contributed by atoms with Gasteiger partial charge in [-0.15, -0.1) is 11.3 Å². The van der Waals surface area contributed by atoms with Gasteiger partial charge in [0, 0.05) is 11.7 Å². The van der Waals surface area contributed by atoms with Crippen molar-refractivity contribution in [2.45, 2.75) is 53.0 Å². The van der Waals surface area contributed by atoms with E-state index in [1.165, 1.54) is 29.6 Å². The van der Waals surface area contributed by atoms with Gasteiger partial charge in [0.15, 0.2) is 0 Å². The molecule has 2 bridgehead atoms. The Morgan fingerprint density at radius 3 is 2.81 bits per heavy atom. The van der Waals surface area contributed by atoms with Crippen LogP contribution in [0.1, 0.15) is 45.0 Å². The summed E-state index contributed by atoms with van der Waals surface area (Å²) in [6, 6.07) is 7.22. The first-order valence-electron chi connectivity index (χ1n) is 8.02. The Balaban J connectivity index is 1.67. The fourth-order valence-electron chi connectivity index (χ4n) is 4.96. The van der Waals surface area contributed by atoms with Crippen LogP contribution in [-0.4, -0.2) is 11.0 Å². The molecule has 4 rings (SSSR count). The van der Waals surface area contributed by atoms with E-state index in [-0.39, 0.29) is 0 Å². The van der Waals surface area contributed by atoms with E-state index in [1.807, 2.05) is 0 Å². The van der Waals surface area contributed by atoms with E-state index >= 15 is 0 Å². The number of anilines is 1. The van der Waals surface area contributed by atoms with Crippen molar-refractivity contribution in [3.05, 3.63) is 23.2 Å². The van der Waals surface area contributed by atoms with E-state index in [9.17, 15) is 0 Å². The van der Waals surface area contributed by atoms with Gasteiger partial charge in [-0.05, 0) is 61.1 Å². The number of rotatable bonds is 2. The fourth-order valence-corrected chi connectivity index (χ4v) is 5.82. The van der Waals surface area contributed by atoms with Crippen LogP contribution < -0.4 is 5.32 Å². The number of fused-ring (bicyclic) bond motifs is 3. The van der Waals surface area contributed by atoms with Gasteiger partial charge >= 0.3 is 0 Å². The Hall–Kier alpha value is -1.09. The number of nitrogens with zero attached hydrogens (tertiary/aromatic N) is 1. The lowest BCUT2D eigenvalue weighted by molar-refractivity contribution is 0.155. The second kappa shape index (κ2) is 4.22. The minimum absolute atomic E-state index is 0.394. The highest BCUT2D eigenvalue weighted by molar-refractivity contribution is 7.18. The quantitative estimate of drug-likeness (QED) is 0.821. The molecule has 21 heavy (non-hydrogen) atoms. The van der Waals surface area contributed by atoms with Gasteiger partial charge in [0.05, 0.1) is 15.2 Å². The maximum absolute atomic E-state index is 4.56. The van der Waals surface area contributed by atoms with Crippen LogP contribution in [0.4, 0.5) is 5.69 Å². The zero-order chi connectivity index (χ0) is 14.8. The predicted octanol–water partition coefficient (Wildman–Crippen LogP) is 5.23. The molecule has 112 valence electrons. The van der Waals surface area contributed by atoms with Crippen molar-refractivity contribution in [3.63, 3.8) is 0 Å². The second-order valence-electron chi connectivity index (χ2n) is 7.91. The van der Waals surface area contributed by atoms with Crippen molar-refractivity contribution in [1.82, 2.24) is 4.98 Å². The molecule has 0 aliphatic heterocycles. The van der Waals surface area contributed by atoms with E-state index in [2.05, 4.69) is 56.2 Å². The van der Waals surface area contributed by atoms with E-state index in [1.54, 1.807) is 11.3 Å². The van der Waals surface area contributed by atoms with Gasteiger partial charge in [0.2, 0.25) is 0 Å². The van der Waals surface area contributed by atoms with Crippen LogP contribution in [0.5, 0.6) is 0 Å². The smallest absolute Gasteiger partial charge is 0.0907 e. The maximum Gasteiger partial charge on any atom is 0.0907 e. The van der Waals surface area contributed by atoms with Crippen molar-refractivity contribution in [2.24, 2.45) is 16.7 Å². The average molecular weight is 300 g/mol. The molecule has 3 atom stereocenters. The number of thiazole rings is 1. The van der Waals surface area contributed by atoms with Gasteiger partial charge in [0.25, 0.3) is 0 Å². The second-order valence-corrected chi connectivity index (χ2v) is 9.14. The summed E-state index contributed by atoms with van der Waals surface area (Å²) in [7, 11) is 0. The molecule has 3 unspecified atom stereocenters. The third-order valence-electron chi connectivity index (χ3n) is 6.08. The molecule has 2 nitrogen and oxygen atoms in total. The molecule has 3 heteroatoms. The molecule has 1 aromatic heterocycles. The van der Waals surface area contributed by atoms with Crippen LogP contribution in [-0.2, 0) is 0 Å². The molecule has 1 N–H and O–H groups in total. The Labute approximate surface area is 131 Å². The van der Waals surface area contributed by atoms with Gasteiger partial charge in [-0.1, -0.05) is 20.8 Å². The average Bonchev–Trinajstić information content (AvgIpc) is 3.02. The fraction of sp³-hybridized carbons (Fsp3) is 0.611. The molecule has 0 saturated heterocycles. The molecular formula is C18H24N2S. The molecule has 1 heterocycles. The third kappa shape index (κ3) is 1.93. The Bertz CT molecular complexity index is 698. The highest BCUT2D eigenvalue weighted by Gasteiger charge is 2.59. The van der Waals surface area contributed by atoms with Gasteiger partial charge in [0.1, 0.15) is 0 Å². The van der Waals surface area contributed by atoms with Gasteiger partial charge in [-0.3, -0.25) is 0 Å². The largest absolute Gasteiger partial charge is 0.381 e. The zero-order valence-electron chi connectivity index (χ0n) is 13.4. The summed E-state index contributed by atoms with van der Waals surface area (Å²) in [5, 5.41) is 5.03. The summed E-state index contributed by atoms with van der Waals surface area (Å²) in [5.41, 5.74) is 3.25. The molecule has 1 aromatic carbocycles. The summed E-state index contributed by atoms with van der Waals surface area (Å²) >= 11 is 1.79. The molecule has 0 spiro atoms. The zero-order valence-corrected chi connectivity index (χ0v) is 14.2. The van der Waals surface area contributed by atoms with Crippen LogP contribution >= 0.6 is 11.3 Å². The number of aryl methyl sites for hydroxylation is 1.